The number of anilines is 1. The van der Waals surface area contributed by atoms with E-state index in [1.807, 2.05) is 6.92 Å². The molecule has 1 fully saturated rings. The van der Waals surface area contributed by atoms with E-state index in [1.165, 1.54) is 30.6 Å². The van der Waals surface area contributed by atoms with Crippen LogP contribution < -0.4 is 5.32 Å². The molecule has 1 atom stereocenters. The maximum Gasteiger partial charge on any atom is 0.315 e. The molecule has 0 bridgehead atoms. The Hall–Kier alpha value is -1.10. The molecule has 1 aromatic heterocycles. The van der Waals surface area contributed by atoms with Crippen molar-refractivity contribution in [1.82, 2.24) is 4.98 Å². The minimum Gasteiger partial charge on any atom is -0.465 e. The van der Waals surface area contributed by atoms with E-state index >= 15 is 0 Å². The summed E-state index contributed by atoms with van der Waals surface area (Å²) in [6.07, 6.45) is 7.10. The minimum atomic E-state index is -0.145. The summed E-state index contributed by atoms with van der Waals surface area (Å²) in [4.78, 5) is 17.9. The number of aromatic nitrogens is 1. The Labute approximate surface area is 130 Å². The first kappa shape index (κ1) is 14.8. The molecule has 116 valence electrons. The summed E-state index contributed by atoms with van der Waals surface area (Å²) in [6.45, 7) is 5.64. The number of carbonyl (C=O) groups excluding carboxylic acids is 1. The fourth-order valence-electron chi connectivity index (χ4n) is 3.47. The van der Waals surface area contributed by atoms with Gasteiger partial charge >= 0.3 is 5.97 Å². The standard InChI is InChI=1S/C16H24N2O2S/c1-3-20-14(19)11-6-7-12-13(11)18-15(21-12)17-10-16(2)8-4-5-9-16/h11H,3-10H2,1-2H3,(H,17,18). The third-order valence-electron chi connectivity index (χ3n) is 4.77. The molecule has 1 N–H and O–H groups in total. The number of rotatable bonds is 5. The molecule has 2 aliphatic carbocycles. The average Bonchev–Trinajstić information content (AvgIpc) is 3.12. The normalized spacial score (nSPS) is 23.0. The average molecular weight is 308 g/mol. The van der Waals surface area contributed by atoms with Crippen molar-refractivity contribution in [2.24, 2.45) is 5.41 Å². The summed E-state index contributed by atoms with van der Waals surface area (Å²) in [5.74, 6) is -0.260. The number of carbonyl (C=O) groups is 1. The number of thiazole rings is 1. The number of nitrogens with one attached hydrogen (secondary N) is 1. The van der Waals surface area contributed by atoms with Gasteiger partial charge in [0.2, 0.25) is 0 Å². The van der Waals surface area contributed by atoms with Crippen LogP contribution >= 0.6 is 11.3 Å². The van der Waals surface area contributed by atoms with Gasteiger partial charge in [0, 0.05) is 11.4 Å². The van der Waals surface area contributed by atoms with Crippen LogP contribution in [0.3, 0.4) is 0 Å². The second-order valence-electron chi connectivity index (χ2n) is 6.54. The molecule has 2 aliphatic rings. The highest BCUT2D eigenvalue weighted by Gasteiger charge is 2.34. The van der Waals surface area contributed by atoms with E-state index in [0.717, 1.165) is 30.2 Å². The molecule has 3 rings (SSSR count). The van der Waals surface area contributed by atoms with Crippen molar-refractivity contribution in [2.75, 3.05) is 18.5 Å². The highest BCUT2D eigenvalue weighted by atomic mass is 32.1. The fourth-order valence-corrected chi connectivity index (χ4v) is 4.50. The summed E-state index contributed by atoms with van der Waals surface area (Å²) >= 11 is 1.71. The van der Waals surface area contributed by atoms with Gasteiger partial charge in [-0.2, -0.15) is 0 Å². The predicted octanol–water partition coefficient (Wildman–Crippen LogP) is 3.73. The van der Waals surface area contributed by atoms with E-state index in [2.05, 4.69) is 17.2 Å². The first-order valence-electron chi connectivity index (χ1n) is 8.01. The Morgan fingerprint density at radius 1 is 1.48 bits per heavy atom. The maximum atomic E-state index is 12.0. The SMILES string of the molecule is CCOC(=O)C1CCc2sc(NCC3(C)CCCC3)nc21. The number of hydrogen-bond acceptors (Lipinski definition) is 5. The highest BCUT2D eigenvalue weighted by molar-refractivity contribution is 7.15. The highest BCUT2D eigenvalue weighted by Crippen LogP contribution is 2.41. The lowest BCUT2D eigenvalue weighted by molar-refractivity contribution is -0.145. The van der Waals surface area contributed by atoms with Gasteiger partial charge in [0.05, 0.1) is 12.3 Å². The zero-order chi connectivity index (χ0) is 14.9. The number of ether oxygens (including phenoxy) is 1. The zero-order valence-electron chi connectivity index (χ0n) is 12.9. The van der Waals surface area contributed by atoms with Crippen molar-refractivity contribution < 1.29 is 9.53 Å². The summed E-state index contributed by atoms with van der Waals surface area (Å²) in [5.41, 5.74) is 1.37. The van der Waals surface area contributed by atoms with Crippen LogP contribution in [0.2, 0.25) is 0 Å². The van der Waals surface area contributed by atoms with Crippen molar-refractivity contribution >= 4 is 22.4 Å². The molecule has 0 spiro atoms. The van der Waals surface area contributed by atoms with Crippen molar-refractivity contribution in [3.63, 3.8) is 0 Å². The Morgan fingerprint density at radius 2 is 2.24 bits per heavy atom. The molecule has 1 aromatic rings. The molecule has 0 aliphatic heterocycles. The van der Waals surface area contributed by atoms with Crippen LogP contribution in [0.4, 0.5) is 5.13 Å². The van der Waals surface area contributed by atoms with Gasteiger partial charge in [-0.15, -0.1) is 11.3 Å². The molecule has 0 radical (unpaired) electrons. The van der Waals surface area contributed by atoms with E-state index < -0.39 is 0 Å². The van der Waals surface area contributed by atoms with Crippen LogP contribution in [-0.4, -0.2) is 24.1 Å². The number of nitrogens with zero attached hydrogens (tertiary/aromatic N) is 1. The molecule has 0 saturated heterocycles. The quantitative estimate of drug-likeness (QED) is 0.842. The first-order valence-corrected chi connectivity index (χ1v) is 8.83. The van der Waals surface area contributed by atoms with Crippen LogP contribution in [0.25, 0.3) is 0 Å². The van der Waals surface area contributed by atoms with Gasteiger partial charge in [0.1, 0.15) is 5.92 Å². The molecule has 21 heavy (non-hydrogen) atoms. The van der Waals surface area contributed by atoms with Crippen LogP contribution in [0.1, 0.15) is 62.4 Å². The number of aryl methyl sites for hydroxylation is 1. The van der Waals surface area contributed by atoms with Gasteiger partial charge in [-0.25, -0.2) is 4.98 Å². The van der Waals surface area contributed by atoms with Crippen molar-refractivity contribution in [3.8, 4) is 0 Å². The van der Waals surface area contributed by atoms with Crippen LogP contribution in [0, 0.1) is 5.41 Å². The zero-order valence-corrected chi connectivity index (χ0v) is 13.7. The lowest BCUT2D eigenvalue weighted by atomic mass is 9.89. The smallest absolute Gasteiger partial charge is 0.315 e. The summed E-state index contributed by atoms with van der Waals surface area (Å²) in [6, 6.07) is 0. The maximum absolute atomic E-state index is 12.0. The Balaban J connectivity index is 1.64. The van der Waals surface area contributed by atoms with E-state index in [0.29, 0.717) is 12.0 Å². The van der Waals surface area contributed by atoms with E-state index in [1.54, 1.807) is 11.3 Å². The van der Waals surface area contributed by atoms with Gasteiger partial charge < -0.3 is 10.1 Å². The van der Waals surface area contributed by atoms with E-state index in [-0.39, 0.29) is 11.9 Å². The molecular weight excluding hydrogens is 284 g/mol. The summed E-state index contributed by atoms with van der Waals surface area (Å²) in [7, 11) is 0. The minimum absolute atomic E-state index is 0.115. The van der Waals surface area contributed by atoms with Crippen LogP contribution in [-0.2, 0) is 16.0 Å². The Morgan fingerprint density at radius 3 is 2.95 bits per heavy atom. The fraction of sp³-hybridized carbons (Fsp3) is 0.750. The van der Waals surface area contributed by atoms with Crippen LogP contribution in [0.5, 0.6) is 0 Å². The second kappa shape index (κ2) is 5.95. The van der Waals surface area contributed by atoms with E-state index in [4.69, 9.17) is 4.74 Å². The molecule has 1 heterocycles. The Kier molecular flexibility index (Phi) is 4.20. The summed E-state index contributed by atoms with van der Waals surface area (Å²) in [5, 5.41) is 4.48. The number of hydrogen-bond donors (Lipinski definition) is 1. The third kappa shape index (κ3) is 3.07. The summed E-state index contributed by atoms with van der Waals surface area (Å²) < 4.78 is 5.15. The Bertz CT molecular complexity index is 520. The van der Waals surface area contributed by atoms with Crippen molar-refractivity contribution in [2.45, 2.75) is 58.3 Å². The number of fused-ring (bicyclic) bond motifs is 1. The second-order valence-corrected chi connectivity index (χ2v) is 7.63. The molecule has 1 saturated carbocycles. The molecular formula is C16H24N2O2S. The topological polar surface area (TPSA) is 51.2 Å². The number of esters is 1. The van der Waals surface area contributed by atoms with Gasteiger partial charge in [-0.3, -0.25) is 4.79 Å². The van der Waals surface area contributed by atoms with Gasteiger partial charge in [0.15, 0.2) is 5.13 Å². The van der Waals surface area contributed by atoms with Gasteiger partial charge in [-0.05, 0) is 38.0 Å². The predicted molar refractivity (Wildman–Crippen MR) is 84.9 cm³/mol. The lowest BCUT2D eigenvalue weighted by Crippen LogP contribution is -2.23. The van der Waals surface area contributed by atoms with Crippen molar-refractivity contribution in [3.05, 3.63) is 10.6 Å². The lowest BCUT2D eigenvalue weighted by Gasteiger charge is -2.23. The van der Waals surface area contributed by atoms with Gasteiger partial charge in [-0.1, -0.05) is 19.8 Å². The molecule has 1 unspecified atom stereocenters. The molecule has 5 heteroatoms. The van der Waals surface area contributed by atoms with Gasteiger partial charge in [0.25, 0.3) is 0 Å². The molecule has 4 nitrogen and oxygen atoms in total. The first-order chi connectivity index (χ1) is 10.1. The largest absolute Gasteiger partial charge is 0.465 e. The molecule has 0 amide bonds. The third-order valence-corrected chi connectivity index (χ3v) is 5.85. The van der Waals surface area contributed by atoms with Crippen LogP contribution in [0.15, 0.2) is 0 Å². The molecule has 0 aromatic carbocycles. The van der Waals surface area contributed by atoms with E-state index in [9.17, 15) is 4.79 Å². The monoisotopic (exact) mass is 308 g/mol. The van der Waals surface area contributed by atoms with Crippen molar-refractivity contribution in [1.29, 1.82) is 0 Å².